The molecular weight excluding hydrogens is 334 g/mol. The van der Waals surface area contributed by atoms with Crippen molar-refractivity contribution in [1.29, 1.82) is 0 Å². The van der Waals surface area contributed by atoms with Crippen molar-refractivity contribution in [2.45, 2.75) is 51.5 Å². The van der Waals surface area contributed by atoms with Crippen molar-refractivity contribution in [3.05, 3.63) is 22.4 Å². The van der Waals surface area contributed by atoms with Crippen LogP contribution in [0.15, 0.2) is 22.4 Å². The van der Waals surface area contributed by atoms with E-state index in [2.05, 4.69) is 16.0 Å². The Labute approximate surface area is 144 Å². The van der Waals surface area contributed by atoms with Crippen molar-refractivity contribution in [3.63, 3.8) is 0 Å². The molecule has 24 heavy (non-hydrogen) atoms. The standard InChI is InChI=1S/C16H20ClN3O4/c1-2-3-4-13(21)18-12-8-9(17)7-10(12)15(23)19-11-5-6-14(22)20-16(11)24/h7,11H,2-6,8H2,1H3,(H,18,21)(H,19,23)(H,20,22,24). The van der Waals surface area contributed by atoms with Crippen molar-refractivity contribution in [3.8, 4) is 0 Å². The minimum Gasteiger partial charge on any atom is -0.340 e. The van der Waals surface area contributed by atoms with Crippen LogP contribution in [0, 0.1) is 0 Å². The van der Waals surface area contributed by atoms with E-state index in [1.54, 1.807) is 0 Å². The number of nitrogens with one attached hydrogen (secondary N) is 3. The Balaban J connectivity index is 2.03. The molecule has 0 aromatic heterocycles. The van der Waals surface area contributed by atoms with Gasteiger partial charge in [-0.25, -0.2) is 0 Å². The normalized spacial score (nSPS) is 20.6. The molecule has 0 saturated carbocycles. The number of rotatable bonds is 6. The highest BCUT2D eigenvalue weighted by atomic mass is 35.5. The van der Waals surface area contributed by atoms with E-state index < -0.39 is 17.9 Å². The van der Waals surface area contributed by atoms with Gasteiger partial charge in [-0.3, -0.25) is 24.5 Å². The van der Waals surface area contributed by atoms with Gasteiger partial charge >= 0.3 is 0 Å². The van der Waals surface area contributed by atoms with Crippen LogP contribution in [0.3, 0.4) is 0 Å². The monoisotopic (exact) mass is 353 g/mol. The average Bonchev–Trinajstić information content (AvgIpc) is 2.88. The topological polar surface area (TPSA) is 104 Å². The number of unbranched alkanes of at least 4 members (excludes halogenated alkanes) is 1. The predicted molar refractivity (Wildman–Crippen MR) is 87.6 cm³/mol. The molecule has 4 amide bonds. The summed E-state index contributed by atoms with van der Waals surface area (Å²) in [5.41, 5.74) is 0.681. The number of hydrogen-bond acceptors (Lipinski definition) is 4. The van der Waals surface area contributed by atoms with E-state index in [1.807, 2.05) is 6.92 Å². The van der Waals surface area contributed by atoms with Crippen molar-refractivity contribution >= 4 is 35.2 Å². The molecule has 1 heterocycles. The Morgan fingerprint density at radius 1 is 1.38 bits per heavy atom. The maximum Gasteiger partial charge on any atom is 0.253 e. The third-order valence-electron chi connectivity index (χ3n) is 3.81. The Hall–Kier alpha value is -2.15. The Bertz CT molecular complexity index is 639. The van der Waals surface area contributed by atoms with Crippen molar-refractivity contribution in [2.75, 3.05) is 0 Å². The third kappa shape index (κ3) is 4.67. The van der Waals surface area contributed by atoms with Gasteiger partial charge in [0.1, 0.15) is 6.04 Å². The molecule has 1 saturated heterocycles. The summed E-state index contributed by atoms with van der Waals surface area (Å²) in [6.45, 7) is 1.99. The summed E-state index contributed by atoms with van der Waals surface area (Å²) in [5.74, 6) is -1.54. The number of carbonyl (C=O) groups is 4. The number of piperidine rings is 1. The van der Waals surface area contributed by atoms with Gasteiger partial charge in [-0.05, 0) is 18.9 Å². The SMILES string of the molecule is CCCCC(=O)NC1=C(C(=O)NC2CCC(=O)NC2=O)C=C(Cl)C1. The molecule has 2 rings (SSSR count). The zero-order valence-electron chi connectivity index (χ0n) is 13.4. The van der Waals surface area contributed by atoms with Crippen molar-refractivity contribution in [1.82, 2.24) is 16.0 Å². The summed E-state index contributed by atoms with van der Waals surface area (Å²) in [7, 11) is 0. The summed E-state index contributed by atoms with van der Waals surface area (Å²) in [6.07, 6.45) is 4.22. The van der Waals surface area contributed by atoms with Crippen LogP contribution in [0.25, 0.3) is 0 Å². The van der Waals surface area contributed by atoms with Crippen LogP contribution in [0.2, 0.25) is 0 Å². The molecular formula is C16H20ClN3O4. The van der Waals surface area contributed by atoms with Crippen LogP contribution in [-0.4, -0.2) is 29.7 Å². The van der Waals surface area contributed by atoms with Gasteiger partial charge in [0.2, 0.25) is 17.7 Å². The first-order valence-electron chi connectivity index (χ1n) is 7.94. The van der Waals surface area contributed by atoms with Crippen LogP contribution in [0.4, 0.5) is 0 Å². The molecule has 0 bridgehead atoms. The van der Waals surface area contributed by atoms with E-state index >= 15 is 0 Å². The molecule has 1 atom stereocenters. The third-order valence-corrected chi connectivity index (χ3v) is 4.05. The number of halogens is 1. The fraction of sp³-hybridized carbons (Fsp3) is 0.500. The summed E-state index contributed by atoms with van der Waals surface area (Å²) >= 11 is 5.99. The van der Waals surface area contributed by atoms with E-state index in [9.17, 15) is 19.2 Å². The number of hydrogen-bond donors (Lipinski definition) is 3. The minimum atomic E-state index is -0.771. The highest BCUT2D eigenvalue weighted by Crippen LogP contribution is 2.26. The van der Waals surface area contributed by atoms with E-state index in [-0.39, 0.29) is 36.6 Å². The first kappa shape index (κ1) is 18.2. The van der Waals surface area contributed by atoms with E-state index in [0.29, 0.717) is 17.2 Å². The van der Waals surface area contributed by atoms with E-state index in [0.717, 1.165) is 12.8 Å². The van der Waals surface area contributed by atoms with Gasteiger partial charge in [-0.15, -0.1) is 0 Å². The molecule has 1 aliphatic heterocycles. The van der Waals surface area contributed by atoms with Gasteiger partial charge in [0.05, 0.1) is 5.57 Å². The molecule has 0 spiro atoms. The lowest BCUT2D eigenvalue weighted by Crippen LogP contribution is -2.52. The second-order valence-corrected chi connectivity index (χ2v) is 6.27. The lowest BCUT2D eigenvalue weighted by Gasteiger charge is -2.22. The van der Waals surface area contributed by atoms with Crippen molar-refractivity contribution in [2.24, 2.45) is 0 Å². The molecule has 2 aliphatic rings. The molecule has 8 heteroatoms. The fourth-order valence-electron chi connectivity index (χ4n) is 2.51. The second-order valence-electron chi connectivity index (χ2n) is 5.79. The molecule has 3 N–H and O–H groups in total. The smallest absolute Gasteiger partial charge is 0.253 e. The maximum absolute atomic E-state index is 12.4. The van der Waals surface area contributed by atoms with E-state index in [4.69, 9.17) is 11.6 Å². The molecule has 0 aromatic carbocycles. The van der Waals surface area contributed by atoms with Crippen LogP contribution in [0.1, 0.15) is 45.4 Å². The maximum atomic E-state index is 12.4. The Morgan fingerprint density at radius 2 is 2.12 bits per heavy atom. The Kier molecular flexibility index (Phi) is 6.14. The fourth-order valence-corrected chi connectivity index (χ4v) is 2.75. The highest BCUT2D eigenvalue weighted by molar-refractivity contribution is 6.31. The molecule has 7 nitrogen and oxygen atoms in total. The Morgan fingerprint density at radius 3 is 2.79 bits per heavy atom. The summed E-state index contributed by atoms with van der Waals surface area (Å²) in [4.78, 5) is 47.1. The highest BCUT2D eigenvalue weighted by Gasteiger charge is 2.30. The van der Waals surface area contributed by atoms with Gasteiger partial charge in [0.15, 0.2) is 0 Å². The van der Waals surface area contributed by atoms with Crippen molar-refractivity contribution < 1.29 is 19.2 Å². The summed E-state index contributed by atoms with van der Waals surface area (Å²) in [5, 5.41) is 7.92. The first-order chi connectivity index (χ1) is 11.4. The second kappa shape index (κ2) is 8.10. The van der Waals surface area contributed by atoms with Gasteiger partial charge in [0, 0.05) is 30.0 Å². The lowest BCUT2D eigenvalue weighted by molar-refractivity contribution is -0.136. The molecule has 0 radical (unpaired) electrons. The molecule has 1 unspecified atom stereocenters. The average molecular weight is 354 g/mol. The van der Waals surface area contributed by atoms with Crippen LogP contribution < -0.4 is 16.0 Å². The molecule has 0 aromatic rings. The number of amides is 4. The van der Waals surface area contributed by atoms with Gasteiger partial charge < -0.3 is 10.6 Å². The molecule has 1 fully saturated rings. The predicted octanol–water partition coefficient (Wildman–Crippen LogP) is 0.995. The summed E-state index contributed by atoms with van der Waals surface area (Å²) in [6, 6.07) is -0.771. The molecule has 130 valence electrons. The zero-order valence-corrected chi connectivity index (χ0v) is 14.2. The molecule has 1 aliphatic carbocycles. The number of carbonyl (C=O) groups excluding carboxylic acids is 4. The van der Waals surface area contributed by atoms with E-state index in [1.165, 1.54) is 6.08 Å². The lowest BCUT2D eigenvalue weighted by atomic mass is 10.1. The first-order valence-corrected chi connectivity index (χ1v) is 8.32. The minimum absolute atomic E-state index is 0.169. The van der Waals surface area contributed by atoms with Gasteiger partial charge in [0.25, 0.3) is 5.91 Å². The summed E-state index contributed by atoms with van der Waals surface area (Å²) < 4.78 is 0. The zero-order chi connectivity index (χ0) is 17.7. The number of imide groups is 1. The van der Waals surface area contributed by atoms with Gasteiger partial charge in [-0.1, -0.05) is 24.9 Å². The van der Waals surface area contributed by atoms with Gasteiger partial charge in [-0.2, -0.15) is 0 Å². The van der Waals surface area contributed by atoms with Crippen LogP contribution in [-0.2, 0) is 19.2 Å². The van der Waals surface area contributed by atoms with Crippen LogP contribution in [0.5, 0.6) is 0 Å². The largest absolute Gasteiger partial charge is 0.340 e. The quantitative estimate of drug-likeness (QED) is 0.619. The van der Waals surface area contributed by atoms with Crippen LogP contribution >= 0.6 is 11.6 Å². The number of allylic oxidation sites excluding steroid dienone is 1.